The maximum Gasteiger partial charge on any atom is 0.226 e. The van der Waals surface area contributed by atoms with E-state index >= 15 is 0 Å². The minimum Gasteiger partial charge on any atom is -0.353 e. The van der Waals surface area contributed by atoms with Crippen molar-refractivity contribution in [2.24, 2.45) is 0 Å². The molecule has 1 aliphatic heterocycles. The van der Waals surface area contributed by atoms with Crippen LogP contribution in [0.3, 0.4) is 0 Å². The quantitative estimate of drug-likeness (QED) is 0.896. The number of hydrogen-bond acceptors (Lipinski definition) is 3. The first-order valence-corrected chi connectivity index (χ1v) is 7.58. The molecule has 3 rings (SSSR count). The molecule has 5 heteroatoms. The number of hydrogen-bond donors (Lipinski definition) is 2. The minimum absolute atomic E-state index is 0.0910. The summed E-state index contributed by atoms with van der Waals surface area (Å²) >= 11 is 0. The van der Waals surface area contributed by atoms with Gasteiger partial charge in [0, 0.05) is 12.2 Å². The Morgan fingerprint density at radius 2 is 2.19 bits per heavy atom. The highest BCUT2D eigenvalue weighted by Gasteiger charge is 2.18. The number of aromatic nitrogens is 2. The van der Waals surface area contributed by atoms with Crippen LogP contribution in [0.15, 0.2) is 18.3 Å². The fourth-order valence-electron chi connectivity index (χ4n) is 2.98. The lowest BCUT2D eigenvalue weighted by molar-refractivity contribution is -0.121. The van der Waals surface area contributed by atoms with E-state index in [4.69, 9.17) is 0 Å². The Labute approximate surface area is 124 Å². The highest BCUT2D eigenvalue weighted by atomic mass is 16.1. The molecule has 5 nitrogen and oxygen atoms in total. The molecule has 0 atom stereocenters. The van der Waals surface area contributed by atoms with Crippen LogP contribution >= 0.6 is 0 Å². The van der Waals surface area contributed by atoms with Crippen LogP contribution in [-0.2, 0) is 11.2 Å². The predicted octanol–water partition coefficient (Wildman–Crippen LogP) is 1.36. The minimum atomic E-state index is 0.0910. The van der Waals surface area contributed by atoms with Crippen molar-refractivity contribution in [3.8, 4) is 0 Å². The van der Waals surface area contributed by atoms with E-state index in [0.29, 0.717) is 12.5 Å². The summed E-state index contributed by atoms with van der Waals surface area (Å²) < 4.78 is 2.03. The van der Waals surface area contributed by atoms with Gasteiger partial charge in [0.2, 0.25) is 5.91 Å². The summed E-state index contributed by atoms with van der Waals surface area (Å²) in [5.74, 6) is 0.0910. The van der Waals surface area contributed by atoms with E-state index in [0.717, 1.165) is 48.5 Å². The molecule has 0 radical (unpaired) electrons. The van der Waals surface area contributed by atoms with Gasteiger partial charge in [0.25, 0.3) is 0 Å². The summed E-state index contributed by atoms with van der Waals surface area (Å²) in [4.78, 5) is 16.9. The van der Waals surface area contributed by atoms with Crippen molar-refractivity contribution in [3.05, 3.63) is 35.3 Å². The van der Waals surface area contributed by atoms with Crippen LogP contribution in [0.2, 0.25) is 0 Å². The van der Waals surface area contributed by atoms with E-state index in [1.807, 2.05) is 36.6 Å². The third kappa shape index (κ3) is 2.93. The first-order chi connectivity index (χ1) is 10.1. The molecule has 0 spiro atoms. The maximum absolute atomic E-state index is 12.3. The standard InChI is InChI=1S/C16H22N4O/c1-11-4-3-9-20-14(12(2)18-16(11)20)10-15(21)19-13-5-7-17-8-6-13/h3-4,9,13,17H,5-8,10H2,1-2H3,(H,19,21). The van der Waals surface area contributed by atoms with Crippen LogP contribution in [0.25, 0.3) is 5.65 Å². The van der Waals surface area contributed by atoms with Gasteiger partial charge in [-0.3, -0.25) is 4.79 Å². The smallest absolute Gasteiger partial charge is 0.226 e. The Bertz CT molecular complexity index is 656. The second-order valence-corrected chi connectivity index (χ2v) is 5.80. The SMILES string of the molecule is Cc1nc2c(C)cccn2c1CC(=O)NC1CCNCC1. The largest absolute Gasteiger partial charge is 0.353 e. The number of pyridine rings is 1. The number of fused-ring (bicyclic) bond motifs is 1. The fraction of sp³-hybridized carbons (Fsp3) is 0.500. The number of nitrogens with zero attached hydrogens (tertiary/aromatic N) is 2. The van der Waals surface area contributed by atoms with Gasteiger partial charge in [0.05, 0.1) is 17.8 Å². The molecule has 21 heavy (non-hydrogen) atoms. The first-order valence-electron chi connectivity index (χ1n) is 7.58. The average molecular weight is 286 g/mol. The summed E-state index contributed by atoms with van der Waals surface area (Å²) in [6.45, 7) is 5.98. The zero-order valence-corrected chi connectivity index (χ0v) is 12.6. The topological polar surface area (TPSA) is 58.4 Å². The number of imidazole rings is 1. The van der Waals surface area contributed by atoms with Crippen molar-refractivity contribution in [3.63, 3.8) is 0 Å². The molecule has 3 heterocycles. The van der Waals surface area contributed by atoms with E-state index < -0.39 is 0 Å². The number of carbonyl (C=O) groups excluding carboxylic acids is 1. The highest BCUT2D eigenvalue weighted by molar-refractivity contribution is 5.79. The van der Waals surface area contributed by atoms with Crippen LogP contribution < -0.4 is 10.6 Å². The first kappa shape index (κ1) is 14.1. The van der Waals surface area contributed by atoms with Crippen LogP contribution in [0.4, 0.5) is 0 Å². The van der Waals surface area contributed by atoms with Crippen molar-refractivity contribution in [1.82, 2.24) is 20.0 Å². The molecule has 2 aromatic heterocycles. The average Bonchev–Trinajstić information content (AvgIpc) is 2.78. The number of amides is 1. The molecule has 1 amide bonds. The molecular weight excluding hydrogens is 264 g/mol. The summed E-state index contributed by atoms with van der Waals surface area (Å²) in [5, 5.41) is 6.45. The van der Waals surface area contributed by atoms with E-state index in [2.05, 4.69) is 15.6 Å². The van der Waals surface area contributed by atoms with Gasteiger partial charge in [-0.1, -0.05) is 6.07 Å². The normalized spacial score (nSPS) is 16.3. The van der Waals surface area contributed by atoms with Gasteiger partial charge in [0.1, 0.15) is 5.65 Å². The molecular formula is C16H22N4O. The Morgan fingerprint density at radius 1 is 1.43 bits per heavy atom. The van der Waals surface area contributed by atoms with Gasteiger partial charge in [-0.15, -0.1) is 0 Å². The van der Waals surface area contributed by atoms with E-state index in [1.54, 1.807) is 0 Å². The second kappa shape index (κ2) is 5.85. The van der Waals surface area contributed by atoms with Crippen molar-refractivity contribution in [1.29, 1.82) is 0 Å². The molecule has 1 saturated heterocycles. The van der Waals surface area contributed by atoms with Crippen LogP contribution in [-0.4, -0.2) is 34.4 Å². The van der Waals surface area contributed by atoms with Crippen LogP contribution in [0.1, 0.15) is 29.8 Å². The van der Waals surface area contributed by atoms with E-state index in [-0.39, 0.29) is 5.91 Å². The Morgan fingerprint density at radius 3 is 2.95 bits per heavy atom. The number of piperidine rings is 1. The number of rotatable bonds is 3. The van der Waals surface area contributed by atoms with Gasteiger partial charge in [0.15, 0.2) is 0 Å². The third-order valence-electron chi connectivity index (χ3n) is 4.18. The monoisotopic (exact) mass is 286 g/mol. The molecule has 1 fully saturated rings. The maximum atomic E-state index is 12.3. The number of nitrogens with one attached hydrogen (secondary N) is 2. The molecule has 112 valence electrons. The molecule has 0 saturated carbocycles. The van der Waals surface area contributed by atoms with Crippen molar-refractivity contribution in [2.45, 2.75) is 39.2 Å². The van der Waals surface area contributed by atoms with Gasteiger partial charge in [-0.25, -0.2) is 4.98 Å². The zero-order valence-electron chi connectivity index (χ0n) is 12.6. The van der Waals surface area contributed by atoms with Gasteiger partial charge in [-0.05, 0) is 51.4 Å². The summed E-state index contributed by atoms with van der Waals surface area (Å²) in [7, 11) is 0. The Balaban J connectivity index is 1.76. The van der Waals surface area contributed by atoms with Crippen molar-refractivity contribution in [2.75, 3.05) is 13.1 Å². The molecule has 0 unspecified atom stereocenters. The van der Waals surface area contributed by atoms with Crippen molar-refractivity contribution < 1.29 is 4.79 Å². The zero-order chi connectivity index (χ0) is 14.8. The highest BCUT2D eigenvalue weighted by Crippen LogP contribution is 2.16. The lowest BCUT2D eigenvalue weighted by Gasteiger charge is -2.23. The Hall–Kier alpha value is -1.88. The Kier molecular flexibility index (Phi) is 3.92. The summed E-state index contributed by atoms with van der Waals surface area (Å²) in [6.07, 6.45) is 4.39. The van der Waals surface area contributed by atoms with Gasteiger partial charge < -0.3 is 15.0 Å². The van der Waals surface area contributed by atoms with E-state index in [9.17, 15) is 4.79 Å². The second-order valence-electron chi connectivity index (χ2n) is 5.80. The number of carbonyl (C=O) groups is 1. The molecule has 2 N–H and O–H groups in total. The predicted molar refractivity (Wildman–Crippen MR) is 82.4 cm³/mol. The molecule has 2 aromatic rings. The lowest BCUT2D eigenvalue weighted by Crippen LogP contribution is -2.43. The van der Waals surface area contributed by atoms with E-state index in [1.165, 1.54) is 0 Å². The lowest BCUT2D eigenvalue weighted by atomic mass is 10.1. The van der Waals surface area contributed by atoms with Crippen molar-refractivity contribution >= 4 is 11.6 Å². The van der Waals surface area contributed by atoms with Gasteiger partial charge in [-0.2, -0.15) is 0 Å². The van der Waals surface area contributed by atoms with Crippen LogP contribution in [0, 0.1) is 13.8 Å². The molecule has 0 aromatic carbocycles. The number of aryl methyl sites for hydroxylation is 2. The fourth-order valence-corrected chi connectivity index (χ4v) is 2.98. The third-order valence-corrected chi connectivity index (χ3v) is 4.18. The molecule has 0 bridgehead atoms. The molecule has 0 aliphatic carbocycles. The van der Waals surface area contributed by atoms with Gasteiger partial charge >= 0.3 is 0 Å². The molecule has 1 aliphatic rings. The summed E-state index contributed by atoms with van der Waals surface area (Å²) in [6, 6.07) is 4.35. The summed E-state index contributed by atoms with van der Waals surface area (Å²) in [5.41, 5.74) is 4.00. The van der Waals surface area contributed by atoms with Crippen LogP contribution in [0.5, 0.6) is 0 Å².